The lowest BCUT2D eigenvalue weighted by Gasteiger charge is -2.22. The lowest BCUT2D eigenvalue weighted by atomic mass is 9.96. The van der Waals surface area contributed by atoms with E-state index >= 15 is 0 Å². The summed E-state index contributed by atoms with van der Waals surface area (Å²) in [4.78, 5) is 36.8. The van der Waals surface area contributed by atoms with E-state index < -0.39 is 0 Å². The molecule has 1 saturated carbocycles. The van der Waals surface area contributed by atoms with Gasteiger partial charge in [-0.2, -0.15) is 0 Å². The standard InChI is InChI=1S/C26H33N3O5/c1-17(30)21-15-23(33-2)24(34-3)16-22(21)29-25(31)14-11-18-9-12-20(13-10-18)28-26(32)27-19-7-5-4-6-8-19/h9-10,12-13,15-16,19H,4-8,11,14H2,1-3H3,(H,29,31)(H2,27,28,32). The third kappa shape index (κ3) is 6.97. The molecule has 0 saturated heterocycles. The monoisotopic (exact) mass is 467 g/mol. The third-order valence-electron chi connectivity index (χ3n) is 5.97. The van der Waals surface area contributed by atoms with Gasteiger partial charge in [0, 0.05) is 29.8 Å². The summed E-state index contributed by atoms with van der Waals surface area (Å²) < 4.78 is 10.5. The molecule has 0 heterocycles. The zero-order valence-corrected chi connectivity index (χ0v) is 20.0. The summed E-state index contributed by atoms with van der Waals surface area (Å²) in [6.07, 6.45) is 6.39. The smallest absolute Gasteiger partial charge is 0.319 e. The predicted molar refractivity (Wildman–Crippen MR) is 132 cm³/mol. The minimum absolute atomic E-state index is 0.185. The Bertz CT molecular complexity index is 1010. The molecular weight excluding hydrogens is 434 g/mol. The van der Waals surface area contributed by atoms with Gasteiger partial charge in [0.25, 0.3) is 0 Å². The molecule has 8 heteroatoms. The summed E-state index contributed by atoms with van der Waals surface area (Å²) in [6, 6.07) is 10.7. The molecule has 3 amide bonds. The first-order chi connectivity index (χ1) is 16.4. The van der Waals surface area contributed by atoms with Crippen molar-refractivity contribution < 1.29 is 23.9 Å². The molecule has 2 aromatic rings. The fourth-order valence-electron chi connectivity index (χ4n) is 4.10. The van der Waals surface area contributed by atoms with Crippen LogP contribution in [0.3, 0.4) is 0 Å². The van der Waals surface area contributed by atoms with Crippen molar-refractivity contribution in [2.24, 2.45) is 0 Å². The SMILES string of the molecule is COc1cc(NC(=O)CCc2ccc(NC(=O)NC3CCCCC3)cc2)c(C(C)=O)cc1OC. The van der Waals surface area contributed by atoms with Crippen LogP contribution in [0, 0.1) is 0 Å². The van der Waals surface area contributed by atoms with E-state index in [0.717, 1.165) is 31.2 Å². The largest absolute Gasteiger partial charge is 0.493 e. The number of methoxy groups -OCH3 is 2. The number of hydrogen-bond acceptors (Lipinski definition) is 5. The highest BCUT2D eigenvalue weighted by atomic mass is 16.5. The molecule has 0 aromatic heterocycles. The van der Waals surface area contributed by atoms with E-state index in [2.05, 4.69) is 16.0 Å². The van der Waals surface area contributed by atoms with Gasteiger partial charge in [-0.1, -0.05) is 31.4 Å². The minimum atomic E-state index is -0.219. The fourth-order valence-corrected chi connectivity index (χ4v) is 4.10. The number of carbonyl (C=O) groups excluding carboxylic acids is 3. The molecule has 0 spiro atoms. The number of hydrogen-bond donors (Lipinski definition) is 3. The second-order valence-corrected chi connectivity index (χ2v) is 8.49. The van der Waals surface area contributed by atoms with Crippen LogP contribution in [0.4, 0.5) is 16.2 Å². The maximum atomic E-state index is 12.6. The molecule has 0 atom stereocenters. The average molecular weight is 468 g/mol. The van der Waals surface area contributed by atoms with Crippen LogP contribution < -0.4 is 25.4 Å². The van der Waals surface area contributed by atoms with Crippen molar-refractivity contribution in [3.63, 3.8) is 0 Å². The molecule has 1 aliphatic carbocycles. The van der Waals surface area contributed by atoms with Crippen LogP contribution >= 0.6 is 0 Å². The topological polar surface area (TPSA) is 106 Å². The van der Waals surface area contributed by atoms with Crippen LogP contribution in [-0.2, 0) is 11.2 Å². The molecule has 34 heavy (non-hydrogen) atoms. The highest BCUT2D eigenvalue weighted by Gasteiger charge is 2.17. The summed E-state index contributed by atoms with van der Waals surface area (Å²) in [5.41, 5.74) is 2.41. The maximum absolute atomic E-state index is 12.6. The first kappa shape index (κ1) is 25.1. The van der Waals surface area contributed by atoms with E-state index in [9.17, 15) is 14.4 Å². The van der Waals surface area contributed by atoms with Crippen molar-refractivity contribution in [1.82, 2.24) is 5.32 Å². The summed E-state index contributed by atoms with van der Waals surface area (Å²) in [7, 11) is 2.99. The number of anilines is 2. The van der Waals surface area contributed by atoms with Gasteiger partial charge in [0.2, 0.25) is 5.91 Å². The van der Waals surface area contributed by atoms with Crippen molar-refractivity contribution in [2.75, 3.05) is 24.9 Å². The lowest BCUT2D eigenvalue weighted by molar-refractivity contribution is -0.116. The first-order valence-corrected chi connectivity index (χ1v) is 11.6. The maximum Gasteiger partial charge on any atom is 0.319 e. The van der Waals surface area contributed by atoms with Crippen molar-refractivity contribution in [2.45, 2.75) is 57.9 Å². The highest BCUT2D eigenvalue weighted by molar-refractivity contribution is 6.04. The molecule has 0 bridgehead atoms. The van der Waals surface area contributed by atoms with Crippen LogP contribution in [0.2, 0.25) is 0 Å². The number of Topliss-reactive ketones (excluding diaryl/α,β-unsaturated/α-hetero) is 1. The van der Waals surface area contributed by atoms with E-state index in [-0.39, 0.29) is 30.2 Å². The van der Waals surface area contributed by atoms with Crippen molar-refractivity contribution in [3.05, 3.63) is 47.5 Å². The molecule has 3 rings (SSSR count). The number of urea groups is 1. The van der Waals surface area contributed by atoms with Gasteiger partial charge in [0.1, 0.15) is 0 Å². The van der Waals surface area contributed by atoms with Gasteiger partial charge in [0.05, 0.1) is 19.9 Å². The Labute approximate surface area is 200 Å². The molecule has 8 nitrogen and oxygen atoms in total. The fraction of sp³-hybridized carbons (Fsp3) is 0.423. The van der Waals surface area contributed by atoms with Crippen molar-refractivity contribution in [1.29, 1.82) is 0 Å². The Kier molecular flexibility index (Phi) is 8.90. The molecule has 1 aliphatic rings. The summed E-state index contributed by atoms with van der Waals surface area (Å²) >= 11 is 0. The van der Waals surface area contributed by atoms with Gasteiger partial charge in [0.15, 0.2) is 17.3 Å². The van der Waals surface area contributed by atoms with Crippen LogP contribution in [0.15, 0.2) is 36.4 Å². The Morgan fingerprint density at radius 1 is 0.912 bits per heavy atom. The molecule has 0 radical (unpaired) electrons. The van der Waals surface area contributed by atoms with E-state index in [4.69, 9.17) is 9.47 Å². The zero-order chi connectivity index (χ0) is 24.5. The Balaban J connectivity index is 1.53. The molecule has 182 valence electrons. The van der Waals surface area contributed by atoms with E-state index in [1.807, 2.05) is 24.3 Å². The number of aryl methyl sites for hydroxylation is 1. The van der Waals surface area contributed by atoms with Crippen LogP contribution in [0.25, 0.3) is 0 Å². The highest BCUT2D eigenvalue weighted by Crippen LogP contribution is 2.33. The molecule has 0 unspecified atom stereocenters. The summed E-state index contributed by atoms with van der Waals surface area (Å²) in [5.74, 6) is 0.445. The van der Waals surface area contributed by atoms with E-state index in [1.54, 1.807) is 12.1 Å². The van der Waals surface area contributed by atoms with Crippen LogP contribution in [0.5, 0.6) is 11.5 Å². The molecular formula is C26H33N3O5. The number of amides is 3. The van der Waals surface area contributed by atoms with E-state index in [1.165, 1.54) is 27.6 Å². The second kappa shape index (κ2) is 12.1. The number of rotatable bonds is 9. The van der Waals surface area contributed by atoms with Gasteiger partial charge in [-0.05, 0) is 49.9 Å². The predicted octanol–water partition coefficient (Wildman–Crippen LogP) is 4.93. The number of nitrogens with one attached hydrogen (secondary N) is 3. The van der Waals surface area contributed by atoms with Gasteiger partial charge in [-0.3, -0.25) is 9.59 Å². The van der Waals surface area contributed by atoms with Crippen LogP contribution in [0.1, 0.15) is 61.4 Å². The molecule has 1 fully saturated rings. The Morgan fingerprint density at radius 3 is 2.18 bits per heavy atom. The number of ketones is 1. The number of benzene rings is 2. The van der Waals surface area contributed by atoms with Gasteiger partial charge in [-0.25, -0.2) is 4.79 Å². The quantitative estimate of drug-likeness (QED) is 0.454. The van der Waals surface area contributed by atoms with Gasteiger partial charge < -0.3 is 25.4 Å². The Morgan fingerprint density at radius 2 is 1.56 bits per heavy atom. The first-order valence-electron chi connectivity index (χ1n) is 11.6. The average Bonchev–Trinajstić information content (AvgIpc) is 2.83. The van der Waals surface area contributed by atoms with Crippen LogP contribution in [-0.4, -0.2) is 38.0 Å². The summed E-state index contributed by atoms with van der Waals surface area (Å²) in [5, 5.41) is 8.70. The number of carbonyl (C=O) groups is 3. The number of ether oxygens (including phenoxy) is 2. The Hall–Kier alpha value is -3.55. The molecule has 0 aliphatic heterocycles. The van der Waals surface area contributed by atoms with Crippen molar-refractivity contribution in [3.8, 4) is 11.5 Å². The van der Waals surface area contributed by atoms with Crippen molar-refractivity contribution >= 4 is 29.1 Å². The van der Waals surface area contributed by atoms with Gasteiger partial charge >= 0.3 is 6.03 Å². The van der Waals surface area contributed by atoms with E-state index in [0.29, 0.717) is 34.9 Å². The zero-order valence-electron chi connectivity index (χ0n) is 20.0. The van der Waals surface area contributed by atoms with Gasteiger partial charge in [-0.15, -0.1) is 0 Å². The second-order valence-electron chi connectivity index (χ2n) is 8.49. The lowest BCUT2D eigenvalue weighted by Crippen LogP contribution is -2.38. The summed E-state index contributed by atoms with van der Waals surface area (Å²) in [6.45, 7) is 1.43. The normalized spacial score (nSPS) is 13.6. The molecule has 3 N–H and O–H groups in total. The third-order valence-corrected chi connectivity index (χ3v) is 5.97. The molecule has 2 aromatic carbocycles. The minimum Gasteiger partial charge on any atom is -0.493 e.